The minimum Gasteiger partial charge on any atom is -0.465 e. The van der Waals surface area contributed by atoms with Crippen molar-refractivity contribution in [3.63, 3.8) is 0 Å². The Hall–Kier alpha value is -2.67. The van der Waals surface area contributed by atoms with Crippen LogP contribution < -0.4 is 5.32 Å². The molecule has 3 aromatic rings. The molecule has 0 bridgehead atoms. The fourth-order valence-electron chi connectivity index (χ4n) is 2.16. The number of carbonyl (C=O) groups is 2. The molecule has 6 nitrogen and oxygen atoms in total. The van der Waals surface area contributed by atoms with Gasteiger partial charge in [-0.05, 0) is 6.07 Å². The number of anilines is 1. The lowest BCUT2D eigenvalue weighted by molar-refractivity contribution is 0.0607. The fourth-order valence-corrected chi connectivity index (χ4v) is 3.24. The average Bonchev–Trinajstić information content (AvgIpc) is 3.11. The number of benzene rings is 1. The molecule has 2 aromatic heterocycles. The number of ether oxygens (including phenoxy) is 1. The summed E-state index contributed by atoms with van der Waals surface area (Å²) in [7, 11) is 3.05. The number of thiophene rings is 1. The quantitative estimate of drug-likeness (QED) is 0.754. The number of fused-ring (bicyclic) bond motifs is 1. The van der Waals surface area contributed by atoms with E-state index in [0.717, 1.165) is 10.1 Å². The summed E-state index contributed by atoms with van der Waals surface area (Å²) in [6.07, 6.45) is 3.23. The van der Waals surface area contributed by atoms with Crippen molar-refractivity contribution in [2.45, 2.75) is 0 Å². The molecule has 0 aliphatic carbocycles. The molecule has 112 valence electrons. The Morgan fingerprint density at radius 3 is 2.77 bits per heavy atom. The van der Waals surface area contributed by atoms with E-state index >= 15 is 0 Å². The highest BCUT2D eigenvalue weighted by Gasteiger charge is 2.22. The normalized spacial score (nSPS) is 10.6. The van der Waals surface area contributed by atoms with Gasteiger partial charge in [-0.3, -0.25) is 4.79 Å². The van der Waals surface area contributed by atoms with Gasteiger partial charge in [0, 0.05) is 29.5 Å². The van der Waals surface area contributed by atoms with Crippen molar-refractivity contribution >= 4 is 39.0 Å². The Kier molecular flexibility index (Phi) is 3.64. The SMILES string of the molecule is COC(=O)c1sc2ccccc2c1NC(=O)c1nccn1C. The second kappa shape index (κ2) is 5.61. The van der Waals surface area contributed by atoms with Gasteiger partial charge in [0.05, 0.1) is 12.8 Å². The van der Waals surface area contributed by atoms with E-state index in [1.807, 2.05) is 24.3 Å². The number of nitrogens with zero attached hydrogens (tertiary/aromatic N) is 2. The van der Waals surface area contributed by atoms with E-state index in [2.05, 4.69) is 10.3 Å². The van der Waals surface area contributed by atoms with Crippen LogP contribution in [0.5, 0.6) is 0 Å². The number of nitrogens with one attached hydrogen (secondary N) is 1. The van der Waals surface area contributed by atoms with Crippen molar-refractivity contribution < 1.29 is 14.3 Å². The van der Waals surface area contributed by atoms with Gasteiger partial charge in [-0.1, -0.05) is 18.2 Å². The summed E-state index contributed by atoms with van der Waals surface area (Å²) in [6.45, 7) is 0. The van der Waals surface area contributed by atoms with Gasteiger partial charge >= 0.3 is 5.97 Å². The molecule has 1 N–H and O–H groups in total. The first-order valence-electron chi connectivity index (χ1n) is 6.50. The molecule has 0 aliphatic rings. The summed E-state index contributed by atoms with van der Waals surface area (Å²) in [5, 5.41) is 3.58. The smallest absolute Gasteiger partial charge is 0.350 e. The van der Waals surface area contributed by atoms with E-state index in [1.165, 1.54) is 18.4 Å². The predicted molar refractivity (Wildman–Crippen MR) is 84.3 cm³/mol. The largest absolute Gasteiger partial charge is 0.465 e. The van der Waals surface area contributed by atoms with Crippen molar-refractivity contribution in [1.29, 1.82) is 0 Å². The van der Waals surface area contributed by atoms with Crippen molar-refractivity contribution in [3.8, 4) is 0 Å². The number of hydrogen-bond acceptors (Lipinski definition) is 5. The summed E-state index contributed by atoms with van der Waals surface area (Å²) >= 11 is 1.28. The number of aryl methyl sites for hydroxylation is 1. The summed E-state index contributed by atoms with van der Waals surface area (Å²) in [5.41, 5.74) is 0.459. The van der Waals surface area contributed by atoms with Crippen LogP contribution in [-0.2, 0) is 11.8 Å². The molecule has 1 amide bonds. The maximum Gasteiger partial charge on any atom is 0.350 e. The molecule has 0 saturated carbocycles. The van der Waals surface area contributed by atoms with Crippen molar-refractivity contribution in [2.24, 2.45) is 7.05 Å². The molecule has 1 aromatic carbocycles. The monoisotopic (exact) mass is 315 g/mol. The van der Waals surface area contributed by atoms with Crippen LogP contribution in [0.1, 0.15) is 20.3 Å². The highest BCUT2D eigenvalue weighted by atomic mass is 32.1. The second-order valence-corrected chi connectivity index (χ2v) is 5.66. The van der Waals surface area contributed by atoms with Gasteiger partial charge in [-0.25, -0.2) is 9.78 Å². The molecule has 0 radical (unpaired) electrons. The van der Waals surface area contributed by atoms with Gasteiger partial charge in [-0.15, -0.1) is 11.3 Å². The van der Waals surface area contributed by atoms with Gasteiger partial charge < -0.3 is 14.6 Å². The number of esters is 1. The van der Waals surface area contributed by atoms with Gasteiger partial charge in [0.1, 0.15) is 4.88 Å². The van der Waals surface area contributed by atoms with Gasteiger partial charge in [0.15, 0.2) is 5.82 Å². The zero-order chi connectivity index (χ0) is 15.7. The average molecular weight is 315 g/mol. The fraction of sp³-hybridized carbons (Fsp3) is 0.133. The number of aromatic nitrogens is 2. The van der Waals surface area contributed by atoms with Crippen LogP contribution in [0, 0.1) is 0 Å². The molecule has 3 rings (SSSR count). The summed E-state index contributed by atoms with van der Waals surface area (Å²) in [6, 6.07) is 7.48. The Labute approximate surface area is 130 Å². The van der Waals surface area contributed by atoms with Crippen LogP contribution in [0.3, 0.4) is 0 Å². The molecule has 0 saturated heterocycles. The Bertz CT molecular complexity index is 866. The molecule has 0 unspecified atom stereocenters. The van der Waals surface area contributed by atoms with Gasteiger partial charge in [-0.2, -0.15) is 0 Å². The minimum absolute atomic E-state index is 0.270. The Balaban J connectivity index is 2.07. The third kappa shape index (κ3) is 2.35. The summed E-state index contributed by atoms with van der Waals surface area (Å²) in [5.74, 6) is -0.580. The van der Waals surface area contributed by atoms with Crippen molar-refractivity contribution in [2.75, 3.05) is 12.4 Å². The third-order valence-electron chi connectivity index (χ3n) is 3.23. The molecule has 0 spiro atoms. The topological polar surface area (TPSA) is 73.2 Å². The summed E-state index contributed by atoms with van der Waals surface area (Å²) in [4.78, 5) is 28.7. The first kappa shape index (κ1) is 14.3. The standard InChI is InChI=1S/C15H13N3O3S/c1-18-8-7-16-13(18)14(19)17-11-9-5-3-4-6-10(9)22-12(11)15(20)21-2/h3-8H,1-2H3,(H,17,19). The lowest BCUT2D eigenvalue weighted by Crippen LogP contribution is -2.18. The number of hydrogen-bond donors (Lipinski definition) is 1. The van der Waals surface area contributed by atoms with E-state index in [9.17, 15) is 9.59 Å². The molecule has 0 atom stereocenters. The van der Waals surface area contributed by atoms with Crippen LogP contribution in [0.4, 0.5) is 5.69 Å². The van der Waals surface area contributed by atoms with Crippen molar-refractivity contribution in [1.82, 2.24) is 9.55 Å². The molecule has 7 heteroatoms. The van der Waals surface area contributed by atoms with E-state index in [-0.39, 0.29) is 11.7 Å². The highest BCUT2D eigenvalue weighted by Crippen LogP contribution is 2.36. The molecule has 2 heterocycles. The molecular formula is C15H13N3O3S. The number of imidazole rings is 1. The summed E-state index contributed by atoms with van der Waals surface area (Å²) < 4.78 is 7.32. The van der Waals surface area contributed by atoms with E-state index in [0.29, 0.717) is 10.6 Å². The maximum absolute atomic E-state index is 12.4. The van der Waals surface area contributed by atoms with Crippen LogP contribution in [0.2, 0.25) is 0 Å². The third-order valence-corrected chi connectivity index (χ3v) is 4.38. The van der Waals surface area contributed by atoms with Crippen molar-refractivity contribution in [3.05, 3.63) is 47.4 Å². The molecule has 0 fully saturated rings. The van der Waals surface area contributed by atoms with E-state index < -0.39 is 5.97 Å². The lowest BCUT2D eigenvalue weighted by atomic mass is 10.2. The number of carbonyl (C=O) groups excluding carboxylic acids is 2. The Morgan fingerprint density at radius 1 is 1.32 bits per heavy atom. The van der Waals surface area contributed by atoms with Gasteiger partial charge in [0.2, 0.25) is 0 Å². The maximum atomic E-state index is 12.4. The van der Waals surface area contributed by atoms with Gasteiger partial charge in [0.25, 0.3) is 5.91 Å². The minimum atomic E-state index is -0.476. The molecular weight excluding hydrogens is 302 g/mol. The van der Waals surface area contributed by atoms with Crippen LogP contribution in [0.25, 0.3) is 10.1 Å². The number of rotatable bonds is 3. The molecule has 0 aliphatic heterocycles. The van der Waals surface area contributed by atoms with E-state index in [1.54, 1.807) is 24.0 Å². The second-order valence-electron chi connectivity index (χ2n) is 4.61. The predicted octanol–water partition coefficient (Wildman–Crippen LogP) is 2.67. The first-order valence-corrected chi connectivity index (χ1v) is 7.32. The lowest BCUT2D eigenvalue weighted by Gasteiger charge is -2.06. The zero-order valence-corrected chi connectivity index (χ0v) is 12.8. The highest BCUT2D eigenvalue weighted by molar-refractivity contribution is 7.21. The first-order chi connectivity index (χ1) is 10.6. The van der Waals surface area contributed by atoms with E-state index in [4.69, 9.17) is 4.74 Å². The number of methoxy groups -OCH3 is 1. The van der Waals surface area contributed by atoms with Crippen LogP contribution in [0.15, 0.2) is 36.7 Å². The zero-order valence-electron chi connectivity index (χ0n) is 12.0. The number of amides is 1. The van der Waals surface area contributed by atoms with Crippen LogP contribution in [-0.4, -0.2) is 28.5 Å². The Morgan fingerprint density at radius 2 is 2.09 bits per heavy atom. The van der Waals surface area contributed by atoms with Crippen LogP contribution >= 0.6 is 11.3 Å². The molecule has 22 heavy (non-hydrogen) atoms.